The topological polar surface area (TPSA) is 80.6 Å². The standard InChI is InChI=1S/C14H12O3.C4H11OS.HI/c15-13(16)14(17,11-7-3-1-4-8-11)12-9-5-2-6-10-12;1-6(2)4-3-5;/h1-10,17H,(H,15,16);5H,3-4H2,1-2H3;1H/q;+1;/p-1. The minimum Gasteiger partial charge on any atom is -0.546 e. The number of carbonyl (C=O) groups is 1. The molecule has 0 aliphatic carbocycles. The molecular weight excluding hydrogens is 439 g/mol. The summed E-state index contributed by atoms with van der Waals surface area (Å²) >= 11 is 0. The Morgan fingerprint density at radius 1 is 1.00 bits per heavy atom. The molecule has 2 aromatic carbocycles. The molecule has 132 valence electrons. The summed E-state index contributed by atoms with van der Waals surface area (Å²) in [4.78, 5) is 11.3. The van der Waals surface area contributed by atoms with E-state index in [0.717, 1.165) is 5.75 Å². The molecule has 2 rings (SSSR count). The van der Waals surface area contributed by atoms with Gasteiger partial charge in [0.2, 0.25) is 0 Å². The van der Waals surface area contributed by atoms with Crippen molar-refractivity contribution in [3.05, 3.63) is 71.8 Å². The van der Waals surface area contributed by atoms with Crippen LogP contribution in [0.15, 0.2) is 60.7 Å². The molecule has 0 saturated heterocycles. The molecule has 6 heteroatoms. The number of carboxylic acid groups (broad SMARTS) is 1. The van der Waals surface area contributed by atoms with Gasteiger partial charge in [0.15, 0.2) is 5.60 Å². The molecule has 24 heavy (non-hydrogen) atoms. The third-order valence-corrected chi connectivity index (χ3v) is 4.18. The monoisotopic (exact) mass is 462 g/mol. The number of rotatable bonds is 5. The lowest BCUT2D eigenvalue weighted by Gasteiger charge is -2.30. The first-order valence-corrected chi connectivity index (χ1v) is 9.33. The second kappa shape index (κ2) is 11.5. The molecule has 2 N–H and O–H groups in total. The van der Waals surface area contributed by atoms with Crippen molar-refractivity contribution < 1.29 is 20.1 Å². The number of carbonyl (C=O) groups excluding carboxylic acids is 1. The Morgan fingerprint density at radius 2 is 1.38 bits per heavy atom. The fourth-order valence-electron chi connectivity index (χ4n) is 1.94. The Kier molecular flexibility index (Phi) is 10.9. The summed E-state index contributed by atoms with van der Waals surface area (Å²) in [5, 5.41) is 29.9. The number of benzene rings is 2. The molecule has 4 nitrogen and oxygen atoms in total. The summed E-state index contributed by atoms with van der Waals surface area (Å²) in [6.45, 7) is 0.343. The van der Waals surface area contributed by atoms with Crippen molar-refractivity contribution in [3.8, 4) is 0 Å². The van der Waals surface area contributed by atoms with Gasteiger partial charge in [-0.3, -0.25) is 0 Å². The van der Waals surface area contributed by atoms with Crippen LogP contribution in [0.3, 0.4) is 0 Å². The SMILES string of the molecule is C[S+](C)CCO.I.O=C([O-])C(O)(c1ccccc1)c1ccccc1. The largest absolute Gasteiger partial charge is 0.546 e. The number of aliphatic carboxylic acids is 1. The Bertz CT molecular complexity index is 551. The Labute approximate surface area is 162 Å². The number of aliphatic hydroxyl groups excluding tert-OH is 1. The van der Waals surface area contributed by atoms with Crippen LogP contribution in [0.1, 0.15) is 11.1 Å². The number of halogens is 1. The third-order valence-electron chi connectivity index (χ3n) is 3.18. The molecule has 0 spiro atoms. The van der Waals surface area contributed by atoms with Gasteiger partial charge in [-0.2, -0.15) is 0 Å². The van der Waals surface area contributed by atoms with E-state index in [1.54, 1.807) is 60.7 Å². The molecule has 2 aromatic rings. The van der Waals surface area contributed by atoms with Gasteiger partial charge in [0, 0.05) is 0 Å². The molecule has 0 atom stereocenters. The number of hydrogen-bond acceptors (Lipinski definition) is 4. The zero-order valence-electron chi connectivity index (χ0n) is 13.7. The fourth-order valence-corrected chi connectivity index (χ4v) is 2.31. The highest BCUT2D eigenvalue weighted by molar-refractivity contribution is 14.0. The van der Waals surface area contributed by atoms with E-state index < -0.39 is 11.6 Å². The zero-order valence-corrected chi connectivity index (χ0v) is 16.9. The van der Waals surface area contributed by atoms with Crippen molar-refractivity contribution in [3.63, 3.8) is 0 Å². The van der Waals surface area contributed by atoms with Gasteiger partial charge in [-0.05, 0) is 22.0 Å². The van der Waals surface area contributed by atoms with Crippen molar-refractivity contribution in [2.75, 3.05) is 24.9 Å². The molecule has 0 aliphatic rings. The average molecular weight is 462 g/mol. The van der Waals surface area contributed by atoms with Crippen LogP contribution in [0, 0.1) is 0 Å². The second-order valence-corrected chi connectivity index (χ2v) is 7.52. The molecule has 0 saturated carbocycles. The molecule has 0 heterocycles. The van der Waals surface area contributed by atoms with Crippen LogP contribution in [0.25, 0.3) is 0 Å². The summed E-state index contributed by atoms with van der Waals surface area (Å²) in [7, 11) is 0.434. The quantitative estimate of drug-likeness (QED) is 0.516. The van der Waals surface area contributed by atoms with Crippen LogP contribution in [0.4, 0.5) is 0 Å². The van der Waals surface area contributed by atoms with Gasteiger partial charge in [0.25, 0.3) is 0 Å². The lowest BCUT2D eigenvalue weighted by atomic mass is 9.86. The molecule has 0 amide bonds. The summed E-state index contributed by atoms with van der Waals surface area (Å²) in [6, 6.07) is 16.4. The highest BCUT2D eigenvalue weighted by Gasteiger charge is 2.32. The van der Waals surface area contributed by atoms with Gasteiger partial charge in [-0.25, -0.2) is 0 Å². The smallest absolute Gasteiger partial charge is 0.154 e. The van der Waals surface area contributed by atoms with Gasteiger partial charge in [0.05, 0.1) is 25.1 Å². The maximum atomic E-state index is 11.3. The summed E-state index contributed by atoms with van der Waals surface area (Å²) < 4.78 is 0. The van der Waals surface area contributed by atoms with Crippen LogP contribution in [-0.4, -0.2) is 41.1 Å². The van der Waals surface area contributed by atoms with Gasteiger partial charge >= 0.3 is 0 Å². The van der Waals surface area contributed by atoms with Crippen LogP contribution >= 0.6 is 24.0 Å². The van der Waals surface area contributed by atoms with E-state index in [0.29, 0.717) is 17.5 Å². The van der Waals surface area contributed by atoms with Crippen molar-refractivity contribution >= 4 is 40.8 Å². The summed E-state index contributed by atoms with van der Waals surface area (Å²) in [5.41, 5.74) is -1.54. The van der Waals surface area contributed by atoms with E-state index in [4.69, 9.17) is 5.11 Å². The first kappa shape index (κ1) is 22.9. The van der Waals surface area contributed by atoms with E-state index in [1.165, 1.54) is 0 Å². The normalized spacial score (nSPS) is 10.4. The van der Waals surface area contributed by atoms with Gasteiger partial charge in [0.1, 0.15) is 5.75 Å². The molecule has 0 aromatic heterocycles. The van der Waals surface area contributed by atoms with Crippen LogP contribution in [-0.2, 0) is 21.3 Å². The molecule has 0 fully saturated rings. The van der Waals surface area contributed by atoms with E-state index in [2.05, 4.69) is 12.5 Å². The minimum atomic E-state index is -2.11. The van der Waals surface area contributed by atoms with Crippen LogP contribution in [0.2, 0.25) is 0 Å². The van der Waals surface area contributed by atoms with Gasteiger partial charge < -0.3 is 20.1 Å². The molecule has 0 unspecified atom stereocenters. The van der Waals surface area contributed by atoms with Crippen LogP contribution in [0.5, 0.6) is 0 Å². The van der Waals surface area contributed by atoms with E-state index in [1.807, 2.05) is 0 Å². The second-order valence-electron chi connectivity index (χ2n) is 5.14. The fraction of sp³-hybridized carbons (Fsp3) is 0.278. The molecule has 0 aliphatic heterocycles. The van der Waals surface area contributed by atoms with Gasteiger partial charge in [-0.15, -0.1) is 24.0 Å². The molecule has 0 radical (unpaired) electrons. The van der Waals surface area contributed by atoms with E-state index in [9.17, 15) is 15.0 Å². The predicted molar refractivity (Wildman–Crippen MR) is 107 cm³/mol. The lowest BCUT2D eigenvalue weighted by Crippen LogP contribution is -2.46. The Balaban J connectivity index is 0.000000655. The van der Waals surface area contributed by atoms with Crippen molar-refractivity contribution in [1.82, 2.24) is 0 Å². The van der Waals surface area contributed by atoms with E-state index in [-0.39, 0.29) is 35.1 Å². The summed E-state index contributed by atoms with van der Waals surface area (Å²) in [5.74, 6) is -0.574. The van der Waals surface area contributed by atoms with Crippen LogP contribution < -0.4 is 5.11 Å². The summed E-state index contributed by atoms with van der Waals surface area (Å²) in [6.07, 6.45) is 4.24. The first-order chi connectivity index (χ1) is 10.9. The Morgan fingerprint density at radius 3 is 1.58 bits per heavy atom. The number of carboxylic acids is 1. The average Bonchev–Trinajstić information content (AvgIpc) is 2.56. The highest BCUT2D eigenvalue weighted by atomic mass is 127. The highest BCUT2D eigenvalue weighted by Crippen LogP contribution is 2.28. The minimum absolute atomic E-state index is 0. The third kappa shape index (κ3) is 6.43. The zero-order chi connectivity index (χ0) is 17.3. The number of aliphatic hydroxyl groups is 2. The Hall–Kier alpha value is -1.09. The maximum Gasteiger partial charge on any atom is 0.154 e. The van der Waals surface area contributed by atoms with Crippen molar-refractivity contribution in [2.45, 2.75) is 5.60 Å². The van der Waals surface area contributed by atoms with Crippen molar-refractivity contribution in [2.24, 2.45) is 0 Å². The molecular formula is C18H23IO4S. The predicted octanol–water partition coefficient (Wildman–Crippen LogP) is 1.15. The first-order valence-electron chi connectivity index (χ1n) is 7.12. The van der Waals surface area contributed by atoms with E-state index >= 15 is 0 Å². The lowest BCUT2D eigenvalue weighted by molar-refractivity contribution is -0.322. The van der Waals surface area contributed by atoms with Gasteiger partial charge in [-0.1, -0.05) is 60.7 Å². The maximum absolute atomic E-state index is 11.3. The molecule has 0 bridgehead atoms. The number of hydrogen-bond donors (Lipinski definition) is 2. The van der Waals surface area contributed by atoms with Crippen molar-refractivity contribution in [1.29, 1.82) is 0 Å².